The van der Waals surface area contributed by atoms with Crippen molar-refractivity contribution in [3.05, 3.63) is 45.6 Å². The fraction of sp³-hybridized carbons (Fsp3) is 0.200. The predicted molar refractivity (Wildman–Crippen MR) is 57.7 cm³/mol. The van der Waals surface area contributed by atoms with Crippen molar-refractivity contribution in [1.29, 1.82) is 0 Å². The van der Waals surface area contributed by atoms with Gasteiger partial charge in [0.2, 0.25) is 0 Å². The van der Waals surface area contributed by atoms with Gasteiger partial charge in [0.05, 0.1) is 0 Å². The lowest BCUT2D eigenvalue weighted by molar-refractivity contribution is 0.495. The van der Waals surface area contributed by atoms with Crippen molar-refractivity contribution in [2.75, 3.05) is 0 Å². The minimum atomic E-state index is -0.802. The van der Waals surface area contributed by atoms with Gasteiger partial charge in [0, 0.05) is 15.1 Å². The van der Waals surface area contributed by atoms with Gasteiger partial charge in [-0.05, 0) is 34.7 Å². The minimum Gasteiger partial charge on any atom is -0.204 e. The van der Waals surface area contributed by atoms with E-state index in [4.69, 9.17) is 0 Å². The lowest BCUT2D eigenvalue weighted by Crippen LogP contribution is -2.00. The molecule has 0 unspecified atom stereocenters. The Morgan fingerprint density at radius 2 is 2.08 bits per heavy atom. The Hall–Kier alpha value is -0.450. The highest BCUT2D eigenvalue weighted by Gasteiger charge is 2.15. The van der Waals surface area contributed by atoms with Crippen LogP contribution in [-0.4, -0.2) is 0 Å². The van der Waals surface area contributed by atoms with Crippen LogP contribution in [0.3, 0.4) is 0 Å². The van der Waals surface area contributed by atoms with Gasteiger partial charge in [-0.2, -0.15) is 0 Å². The van der Waals surface area contributed by atoms with E-state index in [0.717, 1.165) is 9.64 Å². The zero-order chi connectivity index (χ0) is 10.0. The summed E-state index contributed by atoms with van der Waals surface area (Å²) in [5.41, 5.74) is 0.385. The van der Waals surface area contributed by atoms with Crippen LogP contribution in [0.5, 0.6) is 0 Å². The first-order chi connectivity index (χ1) is 6.07. The normalized spacial score (nSPS) is 12.6. The van der Waals surface area contributed by atoms with Gasteiger partial charge in [-0.3, -0.25) is 0 Å². The van der Waals surface area contributed by atoms with Crippen LogP contribution in [0.4, 0.5) is 8.78 Å². The number of allylic oxidation sites excluding steroid dienone is 1. The molecule has 0 heterocycles. The molecular formula is C10H9F2I. The Morgan fingerprint density at radius 1 is 1.46 bits per heavy atom. The maximum Gasteiger partial charge on any atom is 0.163 e. The molecule has 1 aromatic carbocycles. The molecule has 0 aromatic heterocycles. The molecule has 1 atom stereocenters. The highest BCUT2D eigenvalue weighted by atomic mass is 127. The van der Waals surface area contributed by atoms with E-state index in [0.29, 0.717) is 5.56 Å². The summed E-state index contributed by atoms with van der Waals surface area (Å²) in [6.07, 6.45) is 1.60. The molecule has 0 radical (unpaired) electrons. The van der Waals surface area contributed by atoms with Crippen LogP contribution < -0.4 is 0 Å². The quantitative estimate of drug-likeness (QED) is 0.441. The highest BCUT2D eigenvalue weighted by Crippen LogP contribution is 2.26. The Morgan fingerprint density at radius 3 is 2.62 bits per heavy atom. The minimum absolute atomic E-state index is 0.164. The number of hydrogen-bond donors (Lipinski definition) is 0. The second-order valence-corrected chi connectivity index (χ2v) is 3.94. The van der Waals surface area contributed by atoms with Gasteiger partial charge in [0.1, 0.15) is 0 Å². The second-order valence-electron chi connectivity index (χ2n) is 2.78. The fourth-order valence-corrected chi connectivity index (χ4v) is 1.99. The Labute approximate surface area is 89.8 Å². The maximum atomic E-state index is 13.3. The van der Waals surface area contributed by atoms with Crippen LogP contribution in [0.25, 0.3) is 0 Å². The number of benzene rings is 1. The van der Waals surface area contributed by atoms with Gasteiger partial charge in [-0.1, -0.05) is 13.0 Å². The summed E-state index contributed by atoms with van der Waals surface area (Å²) >= 11 is 1.99. The Kier molecular flexibility index (Phi) is 3.41. The summed E-state index contributed by atoms with van der Waals surface area (Å²) in [6, 6.07) is 2.70. The molecule has 0 amide bonds. The van der Waals surface area contributed by atoms with E-state index in [1.807, 2.05) is 22.6 Å². The number of hydrogen-bond acceptors (Lipinski definition) is 0. The summed E-state index contributed by atoms with van der Waals surface area (Å²) in [4.78, 5) is 0. The molecule has 13 heavy (non-hydrogen) atoms. The molecule has 70 valence electrons. The summed E-state index contributed by atoms with van der Waals surface area (Å²) in [5, 5.41) is 0. The monoisotopic (exact) mass is 294 g/mol. The average Bonchev–Trinajstić information content (AvgIpc) is 2.12. The molecule has 0 bridgehead atoms. The van der Waals surface area contributed by atoms with Gasteiger partial charge >= 0.3 is 0 Å². The first kappa shape index (κ1) is 10.6. The molecule has 0 saturated carbocycles. The SMILES string of the molecule is C=C[C@@H](C)c1c(I)ccc(F)c1F. The van der Waals surface area contributed by atoms with E-state index < -0.39 is 11.6 Å². The van der Waals surface area contributed by atoms with Crippen molar-refractivity contribution < 1.29 is 8.78 Å². The third-order valence-corrected chi connectivity index (χ3v) is 2.83. The van der Waals surface area contributed by atoms with Crippen LogP contribution in [0.1, 0.15) is 18.4 Å². The molecule has 0 aliphatic rings. The standard InChI is InChI=1S/C10H9F2I/c1-3-6(2)9-8(13)5-4-7(11)10(9)12/h3-6H,1H2,2H3/t6-/m1/s1. The van der Waals surface area contributed by atoms with Gasteiger partial charge in [0.25, 0.3) is 0 Å². The van der Waals surface area contributed by atoms with Crippen molar-refractivity contribution in [2.24, 2.45) is 0 Å². The van der Waals surface area contributed by atoms with Crippen LogP contribution in [0.15, 0.2) is 24.8 Å². The molecule has 0 saturated heterocycles. The molecule has 0 N–H and O–H groups in total. The first-order valence-electron chi connectivity index (χ1n) is 3.84. The molecule has 3 heteroatoms. The summed E-state index contributed by atoms with van der Waals surface area (Å²) in [7, 11) is 0. The van der Waals surface area contributed by atoms with E-state index in [-0.39, 0.29) is 5.92 Å². The third kappa shape index (κ3) is 2.07. The maximum absolute atomic E-state index is 13.3. The predicted octanol–water partition coefficient (Wildman–Crippen LogP) is 3.86. The molecule has 0 aliphatic heterocycles. The van der Waals surface area contributed by atoms with Gasteiger partial charge in [-0.15, -0.1) is 6.58 Å². The first-order valence-corrected chi connectivity index (χ1v) is 4.91. The van der Waals surface area contributed by atoms with E-state index in [2.05, 4.69) is 6.58 Å². The number of halogens is 3. The van der Waals surface area contributed by atoms with E-state index in [1.54, 1.807) is 19.1 Å². The molecule has 0 spiro atoms. The van der Waals surface area contributed by atoms with Crippen LogP contribution in [0, 0.1) is 15.2 Å². The Bertz CT molecular complexity index is 334. The van der Waals surface area contributed by atoms with E-state index in [1.165, 1.54) is 0 Å². The lowest BCUT2D eigenvalue weighted by atomic mass is 10.0. The largest absolute Gasteiger partial charge is 0.204 e. The van der Waals surface area contributed by atoms with E-state index in [9.17, 15) is 8.78 Å². The van der Waals surface area contributed by atoms with Crippen molar-refractivity contribution in [2.45, 2.75) is 12.8 Å². The second kappa shape index (κ2) is 4.17. The smallest absolute Gasteiger partial charge is 0.163 e. The van der Waals surface area contributed by atoms with Crippen LogP contribution in [-0.2, 0) is 0 Å². The molecular weight excluding hydrogens is 285 g/mol. The van der Waals surface area contributed by atoms with Crippen LogP contribution in [0.2, 0.25) is 0 Å². The Balaban J connectivity index is 3.32. The highest BCUT2D eigenvalue weighted by molar-refractivity contribution is 14.1. The average molecular weight is 294 g/mol. The van der Waals surface area contributed by atoms with Crippen molar-refractivity contribution >= 4 is 22.6 Å². The van der Waals surface area contributed by atoms with Gasteiger partial charge < -0.3 is 0 Å². The van der Waals surface area contributed by atoms with Crippen molar-refractivity contribution in [3.63, 3.8) is 0 Å². The molecule has 1 aromatic rings. The van der Waals surface area contributed by atoms with Crippen molar-refractivity contribution in [1.82, 2.24) is 0 Å². The fourth-order valence-electron chi connectivity index (χ4n) is 1.08. The molecule has 0 fully saturated rings. The molecule has 1 rings (SSSR count). The van der Waals surface area contributed by atoms with Gasteiger partial charge in [0.15, 0.2) is 11.6 Å². The summed E-state index contributed by atoms with van der Waals surface area (Å²) < 4.78 is 26.8. The van der Waals surface area contributed by atoms with Gasteiger partial charge in [-0.25, -0.2) is 8.78 Å². The zero-order valence-electron chi connectivity index (χ0n) is 7.15. The molecule has 0 aliphatic carbocycles. The lowest BCUT2D eigenvalue weighted by Gasteiger charge is -2.10. The topological polar surface area (TPSA) is 0 Å². The zero-order valence-corrected chi connectivity index (χ0v) is 9.31. The third-order valence-electron chi connectivity index (χ3n) is 1.89. The number of rotatable bonds is 2. The van der Waals surface area contributed by atoms with Crippen molar-refractivity contribution in [3.8, 4) is 0 Å². The summed E-state index contributed by atoms with van der Waals surface area (Å²) in [5.74, 6) is -1.73. The van der Waals surface area contributed by atoms with Crippen LogP contribution >= 0.6 is 22.6 Å². The summed E-state index contributed by atoms with van der Waals surface area (Å²) in [6.45, 7) is 5.34. The molecule has 0 nitrogen and oxygen atoms in total. The van der Waals surface area contributed by atoms with E-state index >= 15 is 0 Å².